The maximum Gasteiger partial charge on any atom is 0.200 e. The quantitative estimate of drug-likeness (QED) is 0.944. The van der Waals surface area contributed by atoms with Gasteiger partial charge in [0.05, 0.1) is 10.2 Å². The van der Waals surface area contributed by atoms with Crippen LogP contribution >= 0.6 is 15.9 Å². The van der Waals surface area contributed by atoms with Crippen molar-refractivity contribution in [3.05, 3.63) is 28.6 Å². The Morgan fingerprint density at radius 3 is 2.50 bits per heavy atom. The zero-order chi connectivity index (χ0) is 12.5. The third-order valence-corrected chi connectivity index (χ3v) is 3.63. The second-order valence-electron chi connectivity index (χ2n) is 4.19. The molecule has 1 N–H and O–H groups in total. The van der Waals surface area contributed by atoms with Crippen LogP contribution < -0.4 is 5.32 Å². The molecule has 0 aromatic carbocycles. The molecular formula is C12H12BrN5. The number of nitrogens with zero attached hydrogens (tertiary/aromatic N) is 4. The predicted octanol–water partition coefficient (Wildman–Crippen LogP) is 2.62. The molecule has 3 rings (SSSR count). The van der Waals surface area contributed by atoms with Crippen LogP contribution in [-0.4, -0.2) is 27.0 Å². The number of halogens is 1. The number of aromatic nitrogens is 4. The van der Waals surface area contributed by atoms with Crippen LogP contribution in [0.4, 0.5) is 5.82 Å². The van der Waals surface area contributed by atoms with Gasteiger partial charge in [0.25, 0.3) is 0 Å². The first kappa shape index (κ1) is 11.5. The van der Waals surface area contributed by atoms with E-state index < -0.39 is 0 Å². The van der Waals surface area contributed by atoms with Gasteiger partial charge in [-0.3, -0.25) is 0 Å². The Balaban J connectivity index is 2.13. The highest BCUT2D eigenvalue weighted by atomic mass is 79.9. The number of nitrogens with one attached hydrogen (secondary N) is 1. The van der Waals surface area contributed by atoms with Crippen LogP contribution in [-0.2, 0) is 0 Å². The Morgan fingerprint density at radius 2 is 1.89 bits per heavy atom. The van der Waals surface area contributed by atoms with Crippen molar-refractivity contribution in [2.24, 2.45) is 0 Å². The van der Waals surface area contributed by atoms with Gasteiger partial charge >= 0.3 is 0 Å². The van der Waals surface area contributed by atoms with Crippen molar-refractivity contribution in [2.45, 2.75) is 18.8 Å². The van der Waals surface area contributed by atoms with E-state index in [-0.39, 0.29) is 0 Å². The number of anilines is 1. The molecule has 2 aromatic rings. The zero-order valence-corrected chi connectivity index (χ0v) is 11.5. The van der Waals surface area contributed by atoms with E-state index in [1.54, 1.807) is 18.5 Å². The summed E-state index contributed by atoms with van der Waals surface area (Å²) in [7, 11) is 1.85. The molecule has 0 spiro atoms. The van der Waals surface area contributed by atoms with Gasteiger partial charge in [0.1, 0.15) is 5.82 Å². The van der Waals surface area contributed by atoms with Crippen molar-refractivity contribution in [2.75, 3.05) is 12.4 Å². The predicted molar refractivity (Wildman–Crippen MR) is 72.3 cm³/mol. The third kappa shape index (κ3) is 2.08. The molecule has 1 aliphatic carbocycles. The van der Waals surface area contributed by atoms with E-state index in [1.807, 2.05) is 7.05 Å². The minimum absolute atomic E-state index is 0.539. The number of hydrogen-bond acceptors (Lipinski definition) is 5. The monoisotopic (exact) mass is 305 g/mol. The summed E-state index contributed by atoms with van der Waals surface area (Å²) in [5, 5.41) is 3.07. The maximum atomic E-state index is 4.59. The van der Waals surface area contributed by atoms with E-state index in [0.29, 0.717) is 17.6 Å². The molecule has 1 aliphatic rings. The summed E-state index contributed by atoms with van der Waals surface area (Å²) < 4.78 is 0.951. The molecule has 0 atom stereocenters. The smallest absolute Gasteiger partial charge is 0.200 e. The molecule has 0 aliphatic heterocycles. The summed E-state index contributed by atoms with van der Waals surface area (Å²) in [6, 6.07) is 1.78. The third-order valence-electron chi connectivity index (χ3n) is 2.84. The van der Waals surface area contributed by atoms with E-state index >= 15 is 0 Å². The molecule has 6 heteroatoms. The van der Waals surface area contributed by atoms with Crippen LogP contribution in [0.2, 0.25) is 0 Å². The average Bonchev–Trinajstić information content (AvgIpc) is 3.24. The van der Waals surface area contributed by atoms with Crippen LogP contribution in [0, 0.1) is 0 Å². The fourth-order valence-corrected chi connectivity index (χ4v) is 2.47. The zero-order valence-electron chi connectivity index (χ0n) is 9.89. The van der Waals surface area contributed by atoms with Gasteiger partial charge in [-0.1, -0.05) is 0 Å². The van der Waals surface area contributed by atoms with Crippen molar-refractivity contribution in [1.29, 1.82) is 0 Å². The van der Waals surface area contributed by atoms with E-state index in [2.05, 4.69) is 41.2 Å². The molecule has 92 valence electrons. The lowest BCUT2D eigenvalue weighted by Crippen LogP contribution is -2.04. The van der Waals surface area contributed by atoms with Gasteiger partial charge in [0, 0.05) is 25.4 Å². The minimum atomic E-state index is 0.539. The maximum absolute atomic E-state index is 4.59. The van der Waals surface area contributed by atoms with Crippen molar-refractivity contribution in [3.8, 4) is 11.6 Å². The van der Waals surface area contributed by atoms with Crippen LogP contribution in [0.5, 0.6) is 0 Å². The summed E-state index contributed by atoms with van der Waals surface area (Å²) in [4.78, 5) is 17.4. The lowest BCUT2D eigenvalue weighted by Gasteiger charge is -2.09. The second kappa shape index (κ2) is 4.61. The van der Waals surface area contributed by atoms with Crippen molar-refractivity contribution in [3.63, 3.8) is 0 Å². The summed E-state index contributed by atoms with van der Waals surface area (Å²) >= 11 is 3.56. The fourth-order valence-electron chi connectivity index (χ4n) is 1.77. The first-order valence-corrected chi connectivity index (χ1v) is 6.61. The summed E-state index contributed by atoms with van der Waals surface area (Å²) in [6.07, 6.45) is 5.77. The van der Waals surface area contributed by atoms with Crippen molar-refractivity contribution < 1.29 is 0 Å². The highest BCUT2D eigenvalue weighted by Gasteiger charge is 2.29. The van der Waals surface area contributed by atoms with Crippen LogP contribution in [0.25, 0.3) is 11.6 Å². The van der Waals surface area contributed by atoms with Crippen LogP contribution in [0.1, 0.15) is 24.5 Å². The van der Waals surface area contributed by atoms with Gasteiger partial charge in [-0.05, 0) is 34.8 Å². The summed E-state index contributed by atoms with van der Waals surface area (Å²) in [5.41, 5.74) is 1.05. The SMILES string of the molecule is CNc1nc(-c2ncccn2)nc(C2CC2)c1Br. The first-order chi connectivity index (χ1) is 8.79. The molecular weight excluding hydrogens is 294 g/mol. The molecule has 2 aromatic heterocycles. The van der Waals surface area contributed by atoms with Crippen LogP contribution in [0.15, 0.2) is 22.9 Å². The minimum Gasteiger partial charge on any atom is -0.372 e. The molecule has 1 fully saturated rings. The molecule has 5 nitrogen and oxygen atoms in total. The molecule has 0 bridgehead atoms. The van der Waals surface area contributed by atoms with Gasteiger partial charge in [-0.15, -0.1) is 0 Å². The Hall–Kier alpha value is -1.56. The Bertz CT molecular complexity index is 568. The number of rotatable bonds is 3. The molecule has 1 saturated carbocycles. The topological polar surface area (TPSA) is 63.6 Å². The van der Waals surface area contributed by atoms with E-state index in [9.17, 15) is 0 Å². The lowest BCUT2D eigenvalue weighted by molar-refractivity contribution is 0.963. The Morgan fingerprint density at radius 1 is 1.17 bits per heavy atom. The molecule has 0 saturated heterocycles. The highest BCUT2D eigenvalue weighted by molar-refractivity contribution is 9.10. The Kier molecular flexibility index (Phi) is 2.95. The second-order valence-corrected chi connectivity index (χ2v) is 4.98. The van der Waals surface area contributed by atoms with Gasteiger partial charge in [0.15, 0.2) is 11.6 Å². The molecule has 2 heterocycles. The van der Waals surface area contributed by atoms with Crippen molar-refractivity contribution >= 4 is 21.7 Å². The van der Waals surface area contributed by atoms with Crippen LogP contribution in [0.3, 0.4) is 0 Å². The largest absolute Gasteiger partial charge is 0.372 e. The van der Waals surface area contributed by atoms with E-state index in [4.69, 9.17) is 0 Å². The average molecular weight is 306 g/mol. The van der Waals surface area contributed by atoms with E-state index in [0.717, 1.165) is 16.0 Å². The summed E-state index contributed by atoms with van der Waals surface area (Å²) in [6.45, 7) is 0. The summed E-state index contributed by atoms with van der Waals surface area (Å²) in [5.74, 6) is 2.46. The fraction of sp³-hybridized carbons (Fsp3) is 0.333. The highest BCUT2D eigenvalue weighted by Crippen LogP contribution is 2.44. The molecule has 0 radical (unpaired) electrons. The normalized spacial score (nSPS) is 14.6. The molecule has 0 amide bonds. The van der Waals surface area contributed by atoms with Gasteiger partial charge in [-0.25, -0.2) is 19.9 Å². The Labute approximate surface area is 113 Å². The van der Waals surface area contributed by atoms with Gasteiger partial charge in [0.2, 0.25) is 0 Å². The molecule has 0 unspecified atom stereocenters. The lowest BCUT2D eigenvalue weighted by atomic mass is 10.2. The molecule has 18 heavy (non-hydrogen) atoms. The standard InChI is InChI=1S/C12H12BrN5/c1-14-10-8(13)9(7-3-4-7)17-12(18-10)11-15-5-2-6-16-11/h2,5-7H,3-4H2,1H3,(H,14,17,18). The van der Waals surface area contributed by atoms with Gasteiger partial charge < -0.3 is 5.32 Å². The number of hydrogen-bond donors (Lipinski definition) is 1. The first-order valence-electron chi connectivity index (χ1n) is 5.82. The van der Waals surface area contributed by atoms with Gasteiger partial charge in [-0.2, -0.15) is 0 Å². The van der Waals surface area contributed by atoms with E-state index in [1.165, 1.54) is 12.8 Å². The van der Waals surface area contributed by atoms with Crippen molar-refractivity contribution in [1.82, 2.24) is 19.9 Å².